The van der Waals surface area contributed by atoms with E-state index in [2.05, 4.69) is 30.4 Å². The molecule has 2 N–H and O–H groups in total. The second-order valence-electron chi connectivity index (χ2n) is 5.38. The molecule has 0 spiro atoms. The summed E-state index contributed by atoms with van der Waals surface area (Å²) in [6.45, 7) is 5.24. The minimum atomic E-state index is 0.707. The number of aromatic amines is 1. The molecule has 1 aliphatic heterocycles. The van der Waals surface area contributed by atoms with Crippen molar-refractivity contribution in [1.29, 1.82) is 0 Å². The molecule has 0 unspecified atom stereocenters. The van der Waals surface area contributed by atoms with Crippen LogP contribution in [0.3, 0.4) is 0 Å². The first kappa shape index (κ1) is 13.9. The Balaban J connectivity index is 1.61. The third-order valence-corrected chi connectivity index (χ3v) is 3.91. The molecule has 23 heavy (non-hydrogen) atoms. The molecule has 0 aliphatic carbocycles. The van der Waals surface area contributed by atoms with E-state index in [9.17, 15) is 0 Å². The molecule has 1 fully saturated rings. The highest BCUT2D eigenvalue weighted by atomic mass is 16.5. The van der Waals surface area contributed by atoms with Crippen LogP contribution in [-0.4, -0.2) is 51.5 Å². The number of nitrogens with zero attached hydrogens (tertiary/aromatic N) is 5. The summed E-state index contributed by atoms with van der Waals surface area (Å²) in [5.74, 6) is 1.69. The van der Waals surface area contributed by atoms with E-state index in [1.54, 1.807) is 6.20 Å². The maximum Gasteiger partial charge on any atom is 0.160 e. The fraction of sp³-hybridized carbons (Fsp3) is 0.333. The van der Waals surface area contributed by atoms with Crippen molar-refractivity contribution < 1.29 is 4.74 Å². The lowest BCUT2D eigenvalue weighted by atomic mass is 10.2. The normalized spacial score (nSPS) is 15.1. The number of aryl methyl sites for hydroxylation is 1. The van der Waals surface area contributed by atoms with Crippen LogP contribution in [0, 0.1) is 6.92 Å². The molecule has 0 bridgehead atoms. The summed E-state index contributed by atoms with van der Waals surface area (Å²) in [5, 5.41) is 11.0. The van der Waals surface area contributed by atoms with Gasteiger partial charge in [-0.25, -0.2) is 15.0 Å². The smallest absolute Gasteiger partial charge is 0.160 e. The first-order valence-corrected chi connectivity index (χ1v) is 7.53. The Hall–Kier alpha value is -2.74. The van der Waals surface area contributed by atoms with Gasteiger partial charge in [-0.3, -0.25) is 5.10 Å². The Kier molecular flexibility index (Phi) is 3.51. The second-order valence-corrected chi connectivity index (χ2v) is 5.38. The molecule has 0 saturated carbocycles. The summed E-state index contributed by atoms with van der Waals surface area (Å²) < 4.78 is 5.38. The van der Waals surface area contributed by atoms with Crippen LogP contribution in [0.25, 0.3) is 11.0 Å². The molecule has 0 radical (unpaired) electrons. The zero-order valence-electron chi connectivity index (χ0n) is 12.8. The summed E-state index contributed by atoms with van der Waals surface area (Å²) in [6.07, 6.45) is 3.22. The van der Waals surface area contributed by atoms with E-state index < -0.39 is 0 Å². The zero-order chi connectivity index (χ0) is 15.6. The zero-order valence-corrected chi connectivity index (χ0v) is 12.8. The fourth-order valence-corrected chi connectivity index (χ4v) is 2.64. The van der Waals surface area contributed by atoms with Gasteiger partial charge in [-0.05, 0) is 19.1 Å². The second kappa shape index (κ2) is 5.81. The minimum Gasteiger partial charge on any atom is -0.378 e. The van der Waals surface area contributed by atoms with Gasteiger partial charge in [0.15, 0.2) is 5.65 Å². The Bertz CT molecular complexity index is 826. The van der Waals surface area contributed by atoms with E-state index in [0.717, 1.165) is 48.9 Å². The molecule has 8 heteroatoms. The van der Waals surface area contributed by atoms with Crippen molar-refractivity contribution >= 4 is 28.4 Å². The van der Waals surface area contributed by atoms with Crippen molar-refractivity contribution in [3.8, 4) is 0 Å². The van der Waals surface area contributed by atoms with E-state index in [1.165, 1.54) is 6.33 Å². The van der Waals surface area contributed by atoms with Crippen LogP contribution in [0.4, 0.5) is 17.3 Å². The molecular formula is C15H17N7O. The molecule has 0 amide bonds. The van der Waals surface area contributed by atoms with Gasteiger partial charge in [0.2, 0.25) is 0 Å². The summed E-state index contributed by atoms with van der Waals surface area (Å²) >= 11 is 0. The number of pyridine rings is 1. The van der Waals surface area contributed by atoms with Crippen molar-refractivity contribution in [3.05, 3.63) is 30.4 Å². The largest absolute Gasteiger partial charge is 0.378 e. The molecule has 0 atom stereocenters. The van der Waals surface area contributed by atoms with Gasteiger partial charge in [0, 0.05) is 13.1 Å². The van der Waals surface area contributed by atoms with Crippen LogP contribution in [-0.2, 0) is 4.74 Å². The molecule has 4 heterocycles. The molecule has 0 aromatic carbocycles. The number of rotatable bonds is 3. The highest BCUT2D eigenvalue weighted by Crippen LogP contribution is 2.25. The molecule has 118 valence electrons. The third-order valence-electron chi connectivity index (χ3n) is 3.91. The van der Waals surface area contributed by atoms with Gasteiger partial charge in [0.05, 0.1) is 36.2 Å². The van der Waals surface area contributed by atoms with E-state index in [1.807, 2.05) is 19.1 Å². The Morgan fingerprint density at radius 3 is 2.91 bits per heavy atom. The Morgan fingerprint density at radius 1 is 1.22 bits per heavy atom. The first-order valence-electron chi connectivity index (χ1n) is 7.53. The molecule has 3 aromatic heterocycles. The lowest BCUT2D eigenvalue weighted by Crippen LogP contribution is -2.36. The van der Waals surface area contributed by atoms with E-state index in [0.29, 0.717) is 11.5 Å². The van der Waals surface area contributed by atoms with Crippen LogP contribution in [0.2, 0.25) is 0 Å². The van der Waals surface area contributed by atoms with Gasteiger partial charge in [-0.15, -0.1) is 0 Å². The topological polar surface area (TPSA) is 91.9 Å². The Labute approximate surface area is 132 Å². The highest BCUT2D eigenvalue weighted by Gasteiger charge is 2.14. The van der Waals surface area contributed by atoms with Crippen molar-refractivity contribution in [1.82, 2.24) is 25.1 Å². The Morgan fingerprint density at radius 2 is 2.09 bits per heavy atom. The summed E-state index contributed by atoms with van der Waals surface area (Å²) in [4.78, 5) is 15.4. The average Bonchev–Trinajstić information content (AvgIpc) is 3.07. The van der Waals surface area contributed by atoms with E-state index >= 15 is 0 Å². The van der Waals surface area contributed by atoms with Crippen molar-refractivity contribution in [3.63, 3.8) is 0 Å². The van der Waals surface area contributed by atoms with Crippen LogP contribution in [0.15, 0.2) is 24.7 Å². The van der Waals surface area contributed by atoms with Gasteiger partial charge in [0.1, 0.15) is 18.0 Å². The fourth-order valence-electron chi connectivity index (χ4n) is 2.64. The maximum atomic E-state index is 5.38. The number of H-pyrrole nitrogens is 1. The lowest BCUT2D eigenvalue weighted by Gasteiger charge is -2.28. The van der Waals surface area contributed by atoms with Crippen molar-refractivity contribution in [2.75, 3.05) is 36.5 Å². The number of hydrogen-bond donors (Lipinski definition) is 2. The molecule has 4 rings (SSSR count). The predicted octanol–water partition coefficient (Wildman–Crippen LogP) is 1.64. The summed E-state index contributed by atoms with van der Waals surface area (Å²) in [5.41, 5.74) is 2.55. The van der Waals surface area contributed by atoms with Crippen LogP contribution in [0.5, 0.6) is 0 Å². The SMILES string of the molecule is Cc1nc(N2CCOCC2)ccc1Nc1ncnc2[nH]ncc12. The average molecular weight is 311 g/mol. The quantitative estimate of drug-likeness (QED) is 0.759. The molecule has 1 aliphatic rings. The number of fused-ring (bicyclic) bond motifs is 1. The van der Waals surface area contributed by atoms with Gasteiger partial charge < -0.3 is 15.0 Å². The van der Waals surface area contributed by atoms with Crippen molar-refractivity contribution in [2.45, 2.75) is 6.92 Å². The maximum absolute atomic E-state index is 5.38. The van der Waals surface area contributed by atoms with Gasteiger partial charge >= 0.3 is 0 Å². The number of aromatic nitrogens is 5. The van der Waals surface area contributed by atoms with E-state index in [4.69, 9.17) is 9.72 Å². The first-order chi connectivity index (χ1) is 11.3. The molecular weight excluding hydrogens is 294 g/mol. The minimum absolute atomic E-state index is 0.707. The number of ether oxygens (including phenoxy) is 1. The number of morpholine rings is 1. The standard InChI is InChI=1S/C15H17N7O/c1-10-12(2-3-13(19-10)22-4-6-23-7-5-22)20-14-11-8-18-21-15(11)17-9-16-14/h2-3,8-9H,4-7H2,1H3,(H2,16,17,18,20,21). The van der Waals surface area contributed by atoms with E-state index in [-0.39, 0.29) is 0 Å². The molecule has 1 saturated heterocycles. The van der Waals surface area contributed by atoms with Crippen LogP contribution < -0.4 is 10.2 Å². The van der Waals surface area contributed by atoms with Crippen molar-refractivity contribution in [2.24, 2.45) is 0 Å². The third kappa shape index (κ3) is 2.68. The molecule has 3 aromatic rings. The van der Waals surface area contributed by atoms with Gasteiger partial charge in [0.25, 0.3) is 0 Å². The summed E-state index contributed by atoms with van der Waals surface area (Å²) in [7, 11) is 0. The molecule has 8 nitrogen and oxygen atoms in total. The number of hydrogen-bond acceptors (Lipinski definition) is 7. The van der Waals surface area contributed by atoms with Gasteiger partial charge in [-0.1, -0.05) is 0 Å². The lowest BCUT2D eigenvalue weighted by molar-refractivity contribution is 0.122. The number of anilines is 3. The number of nitrogens with one attached hydrogen (secondary N) is 2. The summed E-state index contributed by atoms with van der Waals surface area (Å²) in [6, 6.07) is 4.05. The van der Waals surface area contributed by atoms with Crippen LogP contribution >= 0.6 is 0 Å². The predicted molar refractivity (Wildman–Crippen MR) is 87.0 cm³/mol. The van der Waals surface area contributed by atoms with Gasteiger partial charge in [-0.2, -0.15) is 5.10 Å². The highest BCUT2D eigenvalue weighted by molar-refractivity contribution is 5.87. The van der Waals surface area contributed by atoms with Crippen LogP contribution in [0.1, 0.15) is 5.69 Å². The monoisotopic (exact) mass is 311 g/mol.